The minimum atomic E-state index is -3.78. The molecule has 0 fully saturated rings. The van der Waals surface area contributed by atoms with E-state index >= 15 is 0 Å². The minimum Gasteiger partial charge on any atom is -0.508 e. The van der Waals surface area contributed by atoms with Gasteiger partial charge >= 0.3 is 0 Å². The van der Waals surface area contributed by atoms with Crippen LogP contribution in [-0.2, 0) is 10.0 Å². The van der Waals surface area contributed by atoms with Crippen molar-refractivity contribution < 1.29 is 13.5 Å². The maximum absolute atomic E-state index is 12.3. The molecule has 0 saturated heterocycles. The summed E-state index contributed by atoms with van der Waals surface area (Å²) in [5.41, 5.74) is 7.77. The number of nitrogen functional groups attached to an aromatic ring is 1. The van der Waals surface area contributed by atoms with Crippen LogP contribution < -0.4 is 10.5 Å². The summed E-state index contributed by atoms with van der Waals surface area (Å²) in [4.78, 5) is 0.0168. The van der Waals surface area contributed by atoms with E-state index in [4.69, 9.17) is 5.73 Å². The van der Waals surface area contributed by atoms with Crippen molar-refractivity contribution in [1.29, 1.82) is 0 Å². The highest BCUT2D eigenvalue weighted by Gasteiger charge is 2.17. The number of nitrogens with one attached hydrogen (secondary N) is 1. The molecule has 0 spiro atoms. The van der Waals surface area contributed by atoms with Crippen molar-refractivity contribution in [2.75, 3.05) is 10.5 Å². The second kappa shape index (κ2) is 5.05. The van der Waals surface area contributed by atoms with Crippen LogP contribution in [0.25, 0.3) is 0 Å². The molecule has 2 rings (SSSR count). The molecule has 4 N–H and O–H groups in total. The van der Waals surface area contributed by atoms with Crippen molar-refractivity contribution in [3.05, 3.63) is 47.5 Å². The fourth-order valence-electron chi connectivity index (χ4n) is 1.80. The molecule has 0 aliphatic carbocycles. The fourth-order valence-corrected chi connectivity index (χ4v) is 2.96. The third-order valence-electron chi connectivity index (χ3n) is 2.92. The number of anilines is 2. The second-order valence-electron chi connectivity index (χ2n) is 4.65. The average molecular weight is 292 g/mol. The monoisotopic (exact) mass is 292 g/mol. The van der Waals surface area contributed by atoms with Crippen molar-refractivity contribution >= 4 is 21.4 Å². The molecular formula is C14H16N2O3S. The highest BCUT2D eigenvalue weighted by molar-refractivity contribution is 7.92. The summed E-state index contributed by atoms with van der Waals surface area (Å²) < 4.78 is 26.9. The maximum Gasteiger partial charge on any atom is 0.263 e. The number of nitrogens with two attached hydrogens (primary N) is 1. The summed E-state index contributed by atoms with van der Waals surface area (Å²) in [5, 5.41) is 9.60. The molecule has 106 valence electrons. The van der Waals surface area contributed by atoms with E-state index < -0.39 is 10.0 Å². The van der Waals surface area contributed by atoms with Crippen molar-refractivity contribution in [2.24, 2.45) is 0 Å². The normalized spacial score (nSPS) is 11.3. The second-order valence-corrected chi connectivity index (χ2v) is 6.30. The molecule has 0 heterocycles. The Kier molecular flexibility index (Phi) is 3.59. The Bertz CT molecular complexity index is 755. The Morgan fingerprint density at radius 3 is 2.40 bits per heavy atom. The molecule has 0 aromatic heterocycles. The Hall–Kier alpha value is -2.21. The summed E-state index contributed by atoms with van der Waals surface area (Å²) >= 11 is 0. The van der Waals surface area contributed by atoms with Gasteiger partial charge in [0.2, 0.25) is 0 Å². The predicted octanol–water partition coefficient (Wildman–Crippen LogP) is 2.39. The van der Waals surface area contributed by atoms with Gasteiger partial charge in [0.15, 0.2) is 0 Å². The standard InChI is InChI=1S/C14H16N2O3S/c1-9-3-6-14(12(15)7-9)20(18,19)16-11-5-4-10(2)13(17)8-11/h3-8,16-17H,15H2,1-2H3. The highest BCUT2D eigenvalue weighted by Crippen LogP contribution is 2.25. The van der Waals surface area contributed by atoms with Gasteiger partial charge in [0.05, 0.1) is 11.4 Å². The molecule has 0 saturated carbocycles. The van der Waals surface area contributed by atoms with E-state index in [1.54, 1.807) is 31.2 Å². The number of benzene rings is 2. The van der Waals surface area contributed by atoms with E-state index in [-0.39, 0.29) is 22.0 Å². The van der Waals surface area contributed by atoms with Crippen molar-refractivity contribution in [2.45, 2.75) is 18.7 Å². The van der Waals surface area contributed by atoms with Gasteiger partial charge in [-0.05, 0) is 43.2 Å². The first-order chi connectivity index (χ1) is 9.29. The lowest BCUT2D eigenvalue weighted by molar-refractivity contribution is 0.471. The van der Waals surface area contributed by atoms with Gasteiger partial charge in [0.25, 0.3) is 10.0 Å². The molecule has 6 heteroatoms. The van der Waals surface area contributed by atoms with E-state index in [0.29, 0.717) is 5.56 Å². The maximum atomic E-state index is 12.3. The van der Waals surface area contributed by atoms with E-state index in [1.165, 1.54) is 12.1 Å². The molecule has 20 heavy (non-hydrogen) atoms. The predicted molar refractivity (Wildman–Crippen MR) is 79.2 cm³/mol. The molecule has 2 aromatic carbocycles. The minimum absolute atomic E-state index is 0.0168. The van der Waals surface area contributed by atoms with Gasteiger partial charge in [-0.3, -0.25) is 4.72 Å². The third-order valence-corrected chi connectivity index (χ3v) is 4.37. The van der Waals surface area contributed by atoms with Gasteiger partial charge in [-0.2, -0.15) is 0 Å². The summed E-state index contributed by atoms with van der Waals surface area (Å²) in [6, 6.07) is 9.31. The van der Waals surface area contributed by atoms with Gasteiger partial charge in [0, 0.05) is 6.07 Å². The first-order valence-electron chi connectivity index (χ1n) is 5.98. The SMILES string of the molecule is Cc1ccc(S(=O)(=O)Nc2ccc(C)c(O)c2)c(N)c1. The number of sulfonamides is 1. The largest absolute Gasteiger partial charge is 0.508 e. The van der Waals surface area contributed by atoms with Crippen LogP contribution in [0.5, 0.6) is 5.75 Å². The number of phenols is 1. The quantitative estimate of drug-likeness (QED) is 0.757. The van der Waals surface area contributed by atoms with E-state index in [0.717, 1.165) is 5.56 Å². The molecule has 0 aliphatic heterocycles. The lowest BCUT2D eigenvalue weighted by Crippen LogP contribution is -2.14. The van der Waals surface area contributed by atoms with Gasteiger partial charge < -0.3 is 10.8 Å². The Morgan fingerprint density at radius 2 is 1.80 bits per heavy atom. The lowest BCUT2D eigenvalue weighted by atomic mass is 10.2. The number of hydrogen-bond acceptors (Lipinski definition) is 4. The van der Waals surface area contributed by atoms with Gasteiger partial charge in [-0.15, -0.1) is 0 Å². The average Bonchev–Trinajstić information content (AvgIpc) is 2.33. The van der Waals surface area contributed by atoms with Gasteiger partial charge in [0.1, 0.15) is 10.6 Å². The zero-order chi connectivity index (χ0) is 14.9. The van der Waals surface area contributed by atoms with Crippen LogP contribution >= 0.6 is 0 Å². The van der Waals surface area contributed by atoms with Crippen LogP contribution in [0.3, 0.4) is 0 Å². The third kappa shape index (κ3) is 2.85. The fraction of sp³-hybridized carbons (Fsp3) is 0.143. The molecule has 0 amide bonds. The van der Waals surface area contributed by atoms with Crippen LogP contribution in [0.4, 0.5) is 11.4 Å². The zero-order valence-corrected chi connectivity index (χ0v) is 12.0. The van der Waals surface area contributed by atoms with Crippen molar-refractivity contribution in [1.82, 2.24) is 0 Å². The first-order valence-corrected chi connectivity index (χ1v) is 7.46. The number of rotatable bonds is 3. The molecular weight excluding hydrogens is 276 g/mol. The Morgan fingerprint density at radius 1 is 1.10 bits per heavy atom. The van der Waals surface area contributed by atoms with Crippen LogP contribution in [0, 0.1) is 13.8 Å². The smallest absolute Gasteiger partial charge is 0.263 e. The molecule has 2 aromatic rings. The van der Waals surface area contributed by atoms with Crippen molar-refractivity contribution in [3.8, 4) is 5.75 Å². The zero-order valence-electron chi connectivity index (χ0n) is 11.2. The first kappa shape index (κ1) is 14.2. The Balaban J connectivity index is 2.38. The van der Waals surface area contributed by atoms with Gasteiger partial charge in [-0.25, -0.2) is 8.42 Å². The van der Waals surface area contributed by atoms with E-state index in [2.05, 4.69) is 4.72 Å². The molecule has 5 nitrogen and oxygen atoms in total. The van der Waals surface area contributed by atoms with Crippen molar-refractivity contribution in [3.63, 3.8) is 0 Å². The number of hydrogen-bond donors (Lipinski definition) is 3. The molecule has 0 bridgehead atoms. The summed E-state index contributed by atoms with van der Waals surface area (Å²) in [6.07, 6.45) is 0. The molecule has 0 unspecified atom stereocenters. The van der Waals surface area contributed by atoms with Crippen LogP contribution in [-0.4, -0.2) is 13.5 Å². The molecule has 0 radical (unpaired) electrons. The van der Waals surface area contributed by atoms with E-state index in [1.807, 2.05) is 6.92 Å². The topological polar surface area (TPSA) is 92.4 Å². The lowest BCUT2D eigenvalue weighted by Gasteiger charge is -2.11. The number of aromatic hydroxyl groups is 1. The van der Waals surface area contributed by atoms with Gasteiger partial charge in [-0.1, -0.05) is 12.1 Å². The summed E-state index contributed by atoms with van der Waals surface area (Å²) in [7, 11) is -3.78. The van der Waals surface area contributed by atoms with Crippen LogP contribution in [0.1, 0.15) is 11.1 Å². The summed E-state index contributed by atoms with van der Waals surface area (Å²) in [5.74, 6) is 0.0297. The highest BCUT2D eigenvalue weighted by atomic mass is 32.2. The number of aryl methyl sites for hydroxylation is 2. The van der Waals surface area contributed by atoms with E-state index in [9.17, 15) is 13.5 Å². The summed E-state index contributed by atoms with van der Waals surface area (Å²) in [6.45, 7) is 3.56. The molecule has 0 atom stereocenters. The Labute approximate surface area is 118 Å². The number of phenolic OH excluding ortho intramolecular Hbond substituents is 1. The van der Waals surface area contributed by atoms with Crippen LogP contribution in [0.15, 0.2) is 41.3 Å². The molecule has 0 aliphatic rings. The van der Waals surface area contributed by atoms with Crippen LogP contribution in [0.2, 0.25) is 0 Å².